The highest BCUT2D eigenvalue weighted by molar-refractivity contribution is 6.03. The molecule has 1 saturated heterocycles. The van der Waals surface area contributed by atoms with Crippen molar-refractivity contribution in [3.8, 4) is 0 Å². The zero-order valence-electron chi connectivity index (χ0n) is 15.8. The lowest BCUT2D eigenvalue weighted by atomic mass is 10.0. The molecule has 0 aromatic heterocycles. The maximum absolute atomic E-state index is 12.6. The van der Waals surface area contributed by atoms with Crippen LogP contribution in [-0.2, 0) is 0 Å². The molecule has 0 aliphatic carbocycles. The molecule has 0 bridgehead atoms. The van der Waals surface area contributed by atoms with E-state index < -0.39 is 6.23 Å². The fourth-order valence-electron chi connectivity index (χ4n) is 3.61. The van der Waals surface area contributed by atoms with Gasteiger partial charge >= 0.3 is 0 Å². The molecule has 28 heavy (non-hydrogen) atoms. The quantitative estimate of drug-likeness (QED) is 0.803. The molecule has 0 radical (unpaired) electrons. The van der Waals surface area contributed by atoms with Gasteiger partial charge in [-0.2, -0.15) is 0 Å². The molecule has 1 atom stereocenters. The minimum Gasteiger partial charge on any atom is -0.369 e. The monoisotopic (exact) mass is 377 g/mol. The first kappa shape index (κ1) is 18.4. The molecule has 2 heterocycles. The largest absolute Gasteiger partial charge is 0.369 e. The minimum atomic E-state index is -0.948. The molecule has 2 aliphatic rings. The Balaban J connectivity index is 1.49. The second-order valence-electron chi connectivity index (χ2n) is 7.24. The number of amides is 2. The number of nitrogens with one attached hydrogen (secondary N) is 1. The Morgan fingerprint density at radius 3 is 2.50 bits per heavy atom. The van der Waals surface area contributed by atoms with Gasteiger partial charge in [0.25, 0.3) is 11.8 Å². The Kier molecular flexibility index (Phi) is 4.98. The molecular formula is C22H23N3O3. The summed E-state index contributed by atoms with van der Waals surface area (Å²) in [6, 6.07) is 12.9. The van der Waals surface area contributed by atoms with Crippen LogP contribution >= 0.6 is 0 Å². The number of rotatable bonds is 3. The second kappa shape index (κ2) is 7.58. The fourth-order valence-corrected chi connectivity index (χ4v) is 3.61. The zero-order chi connectivity index (χ0) is 19.7. The van der Waals surface area contributed by atoms with E-state index in [1.54, 1.807) is 6.07 Å². The number of piperazine rings is 1. The summed E-state index contributed by atoms with van der Waals surface area (Å²) in [6.07, 6.45) is 2.81. The number of carbonyl (C=O) groups excluding carboxylic acids is 2. The minimum absolute atomic E-state index is 0.0650. The van der Waals surface area contributed by atoms with E-state index >= 15 is 0 Å². The van der Waals surface area contributed by atoms with E-state index in [0.29, 0.717) is 16.7 Å². The van der Waals surface area contributed by atoms with Crippen molar-refractivity contribution in [2.75, 3.05) is 33.2 Å². The molecule has 144 valence electrons. The van der Waals surface area contributed by atoms with Gasteiger partial charge in [0.05, 0.1) is 5.56 Å². The number of aliphatic hydroxyl groups excluding tert-OH is 1. The molecule has 2 aromatic rings. The van der Waals surface area contributed by atoms with E-state index in [-0.39, 0.29) is 11.8 Å². The molecule has 0 saturated carbocycles. The van der Waals surface area contributed by atoms with E-state index in [0.717, 1.165) is 37.3 Å². The van der Waals surface area contributed by atoms with Crippen LogP contribution in [0.4, 0.5) is 0 Å². The fraction of sp³-hybridized carbons (Fsp3) is 0.273. The van der Waals surface area contributed by atoms with E-state index in [4.69, 9.17) is 0 Å². The predicted octanol–water partition coefficient (Wildman–Crippen LogP) is 1.98. The summed E-state index contributed by atoms with van der Waals surface area (Å²) >= 11 is 0. The first-order valence-corrected chi connectivity index (χ1v) is 9.41. The van der Waals surface area contributed by atoms with Gasteiger partial charge < -0.3 is 20.2 Å². The number of carbonyl (C=O) groups is 2. The summed E-state index contributed by atoms with van der Waals surface area (Å²) in [5.74, 6) is -0.203. The van der Waals surface area contributed by atoms with E-state index in [2.05, 4.69) is 17.3 Å². The predicted molar refractivity (Wildman–Crippen MR) is 108 cm³/mol. The van der Waals surface area contributed by atoms with Gasteiger partial charge in [0.1, 0.15) is 0 Å². The van der Waals surface area contributed by atoms with Crippen LogP contribution in [0.15, 0.2) is 42.5 Å². The number of hydrogen-bond acceptors (Lipinski definition) is 4. The third kappa shape index (κ3) is 3.56. The lowest BCUT2D eigenvalue weighted by Crippen LogP contribution is -2.47. The number of nitrogens with zero attached hydrogens (tertiary/aromatic N) is 2. The molecule has 2 N–H and O–H groups in total. The van der Waals surface area contributed by atoms with Crippen molar-refractivity contribution in [1.82, 2.24) is 15.1 Å². The Labute approximate surface area is 164 Å². The van der Waals surface area contributed by atoms with Crippen molar-refractivity contribution < 1.29 is 14.7 Å². The molecule has 2 aliphatic heterocycles. The number of aliphatic hydroxyl groups is 1. The Hall–Kier alpha value is -2.96. The SMILES string of the molecule is CN1CCN(C(=O)c2ccc(/C=C/c3cccc4c3C(=O)NC4O)cc2)CC1. The van der Waals surface area contributed by atoms with E-state index in [1.807, 2.05) is 53.5 Å². The summed E-state index contributed by atoms with van der Waals surface area (Å²) in [5, 5.41) is 12.4. The summed E-state index contributed by atoms with van der Waals surface area (Å²) < 4.78 is 0. The topological polar surface area (TPSA) is 72.9 Å². The van der Waals surface area contributed by atoms with Crippen molar-refractivity contribution in [1.29, 1.82) is 0 Å². The third-order valence-electron chi connectivity index (χ3n) is 5.32. The van der Waals surface area contributed by atoms with Crippen LogP contribution in [0.3, 0.4) is 0 Å². The van der Waals surface area contributed by atoms with Crippen molar-refractivity contribution in [2.24, 2.45) is 0 Å². The van der Waals surface area contributed by atoms with Gasteiger partial charge in [-0.1, -0.05) is 42.5 Å². The average Bonchev–Trinajstić information content (AvgIpc) is 3.01. The van der Waals surface area contributed by atoms with Gasteiger partial charge in [0.15, 0.2) is 6.23 Å². The van der Waals surface area contributed by atoms with Crippen molar-refractivity contribution in [3.05, 3.63) is 70.3 Å². The second-order valence-corrected chi connectivity index (χ2v) is 7.24. The molecule has 1 fully saturated rings. The summed E-state index contributed by atoms with van der Waals surface area (Å²) in [7, 11) is 2.06. The Morgan fingerprint density at radius 2 is 1.79 bits per heavy atom. The van der Waals surface area contributed by atoms with Crippen LogP contribution in [-0.4, -0.2) is 59.9 Å². The number of hydrogen-bond donors (Lipinski definition) is 2. The van der Waals surface area contributed by atoms with Gasteiger partial charge in [0.2, 0.25) is 0 Å². The van der Waals surface area contributed by atoms with Crippen molar-refractivity contribution in [3.63, 3.8) is 0 Å². The normalized spacial score (nSPS) is 19.7. The van der Waals surface area contributed by atoms with Crippen LogP contribution in [0.2, 0.25) is 0 Å². The van der Waals surface area contributed by atoms with E-state index in [9.17, 15) is 14.7 Å². The Bertz CT molecular complexity index is 929. The smallest absolute Gasteiger partial charge is 0.254 e. The summed E-state index contributed by atoms with van der Waals surface area (Å²) in [6.45, 7) is 3.31. The van der Waals surface area contributed by atoms with Gasteiger partial charge in [-0.05, 0) is 30.3 Å². The molecule has 2 aromatic carbocycles. The molecule has 2 amide bonds. The maximum Gasteiger partial charge on any atom is 0.254 e. The molecule has 1 unspecified atom stereocenters. The lowest BCUT2D eigenvalue weighted by molar-refractivity contribution is 0.0663. The number of benzene rings is 2. The molecular weight excluding hydrogens is 354 g/mol. The lowest BCUT2D eigenvalue weighted by Gasteiger charge is -2.32. The summed E-state index contributed by atoms with van der Waals surface area (Å²) in [5.41, 5.74) is 3.48. The van der Waals surface area contributed by atoms with Crippen molar-refractivity contribution >= 4 is 24.0 Å². The highest BCUT2D eigenvalue weighted by Crippen LogP contribution is 2.27. The molecule has 6 nitrogen and oxygen atoms in total. The van der Waals surface area contributed by atoms with Crippen LogP contribution in [0.1, 0.15) is 43.6 Å². The molecule has 4 rings (SSSR count). The van der Waals surface area contributed by atoms with E-state index in [1.165, 1.54) is 0 Å². The first-order chi connectivity index (χ1) is 13.5. The van der Waals surface area contributed by atoms with Gasteiger partial charge in [-0.25, -0.2) is 0 Å². The number of fused-ring (bicyclic) bond motifs is 1. The first-order valence-electron chi connectivity index (χ1n) is 9.41. The average molecular weight is 377 g/mol. The highest BCUT2D eigenvalue weighted by atomic mass is 16.3. The number of likely N-dealkylation sites (N-methyl/N-ethyl adjacent to an activating group) is 1. The van der Waals surface area contributed by atoms with Crippen LogP contribution in [0.5, 0.6) is 0 Å². The van der Waals surface area contributed by atoms with Crippen LogP contribution in [0.25, 0.3) is 12.2 Å². The highest BCUT2D eigenvalue weighted by Gasteiger charge is 2.28. The van der Waals surface area contributed by atoms with Crippen LogP contribution in [0, 0.1) is 0 Å². The van der Waals surface area contributed by atoms with Gasteiger partial charge in [-0.3, -0.25) is 9.59 Å². The van der Waals surface area contributed by atoms with Crippen molar-refractivity contribution in [2.45, 2.75) is 6.23 Å². The zero-order valence-corrected chi connectivity index (χ0v) is 15.8. The molecule has 6 heteroatoms. The molecule has 0 spiro atoms. The maximum atomic E-state index is 12.6. The third-order valence-corrected chi connectivity index (χ3v) is 5.32. The van der Waals surface area contributed by atoms with Crippen LogP contribution < -0.4 is 5.32 Å². The summed E-state index contributed by atoms with van der Waals surface area (Å²) in [4.78, 5) is 28.8. The van der Waals surface area contributed by atoms with Gasteiger partial charge in [-0.15, -0.1) is 0 Å². The Morgan fingerprint density at radius 1 is 1.07 bits per heavy atom. The standard InChI is InChI=1S/C22H23N3O3/c1-24-11-13-25(14-12-24)22(28)17-9-6-15(7-10-17)5-8-16-3-2-4-18-19(16)21(27)23-20(18)26/h2-10,20,26H,11-14H2,1H3,(H,23,27)/b8-5+. The van der Waals surface area contributed by atoms with Gasteiger partial charge in [0, 0.05) is 37.3 Å².